The summed E-state index contributed by atoms with van der Waals surface area (Å²) in [5.41, 5.74) is 1.81. The molecule has 110 valence electrons. The second kappa shape index (κ2) is 5.91. The zero-order valence-corrected chi connectivity index (χ0v) is 12.7. The largest absolute Gasteiger partial charge is 0.321 e. The maximum absolute atomic E-state index is 12.4. The fourth-order valence-electron chi connectivity index (χ4n) is 2.29. The van der Waals surface area contributed by atoms with Gasteiger partial charge in [-0.05, 0) is 31.4 Å². The van der Waals surface area contributed by atoms with Crippen molar-refractivity contribution in [3.63, 3.8) is 0 Å². The second-order valence-electron chi connectivity index (χ2n) is 5.31. The lowest BCUT2D eigenvalue weighted by Crippen LogP contribution is -2.26. The average Bonchev–Trinajstić information content (AvgIpc) is 2.37. The maximum Gasteiger partial charge on any atom is 0.264 e. The molecule has 0 unspecified atom stereocenters. The van der Waals surface area contributed by atoms with Crippen LogP contribution >= 0.6 is 0 Å². The highest BCUT2D eigenvalue weighted by Gasteiger charge is 2.17. The number of hydrogen-bond acceptors (Lipinski definition) is 3. The highest BCUT2D eigenvalue weighted by atomic mass is 16.2. The van der Waals surface area contributed by atoms with Crippen molar-refractivity contribution in [3.8, 4) is 0 Å². The Morgan fingerprint density at radius 2 is 1.90 bits per heavy atom. The summed E-state index contributed by atoms with van der Waals surface area (Å²) in [4.78, 5) is 31.0. The monoisotopic (exact) mass is 285 g/mol. The van der Waals surface area contributed by atoms with Gasteiger partial charge in [0.05, 0.1) is 5.69 Å². The van der Waals surface area contributed by atoms with Crippen molar-refractivity contribution in [2.24, 2.45) is 0 Å². The number of hydrogen-bond donors (Lipinski definition) is 2. The summed E-state index contributed by atoms with van der Waals surface area (Å²) in [7, 11) is 0. The van der Waals surface area contributed by atoms with Crippen LogP contribution in [0.2, 0.25) is 0 Å². The molecule has 5 nitrogen and oxygen atoms in total. The van der Waals surface area contributed by atoms with Gasteiger partial charge in [-0.2, -0.15) is 0 Å². The van der Waals surface area contributed by atoms with Crippen molar-refractivity contribution in [1.29, 1.82) is 0 Å². The normalized spacial score (nSPS) is 10.7. The number of carbonyl (C=O) groups excluding carboxylic acids is 1. The van der Waals surface area contributed by atoms with Gasteiger partial charge in [-0.1, -0.05) is 32.0 Å². The third-order valence-corrected chi connectivity index (χ3v) is 3.28. The highest BCUT2D eigenvalue weighted by Crippen LogP contribution is 2.24. The van der Waals surface area contributed by atoms with Crippen molar-refractivity contribution in [3.05, 3.63) is 57.3 Å². The first-order chi connectivity index (χ1) is 9.90. The molecule has 0 spiro atoms. The summed E-state index contributed by atoms with van der Waals surface area (Å²) in [6, 6.07) is 7.57. The SMILES string of the molecule is Cc1nc(C)c(C(=O)Nc2ccccc2C(C)C)c(=O)[nH]1. The van der Waals surface area contributed by atoms with E-state index in [2.05, 4.69) is 29.1 Å². The molecule has 1 aromatic heterocycles. The molecule has 2 N–H and O–H groups in total. The third kappa shape index (κ3) is 3.18. The number of H-pyrrole nitrogens is 1. The number of aryl methyl sites for hydroxylation is 2. The molecule has 2 aromatic rings. The topological polar surface area (TPSA) is 74.8 Å². The minimum absolute atomic E-state index is 0.0548. The van der Waals surface area contributed by atoms with Crippen LogP contribution < -0.4 is 10.9 Å². The Balaban J connectivity index is 2.38. The van der Waals surface area contributed by atoms with Gasteiger partial charge in [-0.25, -0.2) is 4.98 Å². The Bertz CT molecular complexity index is 733. The molecule has 0 atom stereocenters. The number of rotatable bonds is 3. The minimum Gasteiger partial charge on any atom is -0.321 e. The van der Waals surface area contributed by atoms with Crippen molar-refractivity contribution >= 4 is 11.6 Å². The predicted molar refractivity (Wildman–Crippen MR) is 82.8 cm³/mol. The summed E-state index contributed by atoms with van der Waals surface area (Å²) >= 11 is 0. The zero-order valence-electron chi connectivity index (χ0n) is 12.7. The van der Waals surface area contributed by atoms with Crippen LogP contribution in [0, 0.1) is 13.8 Å². The first kappa shape index (κ1) is 15.0. The molecule has 0 bridgehead atoms. The molecule has 0 fully saturated rings. The summed E-state index contributed by atoms with van der Waals surface area (Å²) < 4.78 is 0. The Morgan fingerprint density at radius 1 is 1.24 bits per heavy atom. The van der Waals surface area contributed by atoms with E-state index in [1.807, 2.05) is 24.3 Å². The fourth-order valence-corrected chi connectivity index (χ4v) is 2.29. The number of benzene rings is 1. The molecular weight excluding hydrogens is 266 g/mol. The van der Waals surface area contributed by atoms with Gasteiger partial charge in [0.2, 0.25) is 0 Å². The number of aromatic amines is 1. The molecule has 0 radical (unpaired) electrons. The van der Waals surface area contributed by atoms with E-state index in [-0.39, 0.29) is 11.5 Å². The van der Waals surface area contributed by atoms with E-state index in [4.69, 9.17) is 0 Å². The van der Waals surface area contributed by atoms with E-state index in [9.17, 15) is 9.59 Å². The van der Waals surface area contributed by atoms with Crippen molar-refractivity contribution in [2.75, 3.05) is 5.32 Å². The van der Waals surface area contributed by atoms with Crippen LogP contribution in [0.25, 0.3) is 0 Å². The molecule has 1 heterocycles. The summed E-state index contributed by atoms with van der Waals surface area (Å²) in [5, 5.41) is 2.81. The number of amides is 1. The zero-order chi connectivity index (χ0) is 15.6. The molecule has 1 aromatic carbocycles. The van der Waals surface area contributed by atoms with Gasteiger partial charge >= 0.3 is 0 Å². The van der Waals surface area contributed by atoms with Crippen LogP contribution in [-0.2, 0) is 0 Å². The lowest BCUT2D eigenvalue weighted by Gasteiger charge is -2.14. The van der Waals surface area contributed by atoms with Crippen LogP contribution in [0.5, 0.6) is 0 Å². The minimum atomic E-state index is -0.436. The summed E-state index contributed by atoms with van der Waals surface area (Å²) in [6.45, 7) is 7.45. The Labute approximate surface area is 123 Å². The molecular formula is C16H19N3O2. The summed E-state index contributed by atoms with van der Waals surface area (Å²) in [5.74, 6) is 0.336. The number of nitrogens with zero attached hydrogens (tertiary/aromatic N) is 1. The van der Waals surface area contributed by atoms with Gasteiger partial charge < -0.3 is 10.3 Å². The smallest absolute Gasteiger partial charge is 0.264 e. The Hall–Kier alpha value is -2.43. The van der Waals surface area contributed by atoms with Crippen molar-refractivity contribution in [1.82, 2.24) is 9.97 Å². The fraction of sp³-hybridized carbons (Fsp3) is 0.312. The molecule has 0 saturated heterocycles. The second-order valence-corrected chi connectivity index (χ2v) is 5.31. The number of aromatic nitrogens is 2. The molecule has 21 heavy (non-hydrogen) atoms. The quantitative estimate of drug-likeness (QED) is 0.910. The first-order valence-electron chi connectivity index (χ1n) is 6.88. The average molecular weight is 285 g/mol. The van der Waals surface area contributed by atoms with Gasteiger partial charge in [0.25, 0.3) is 11.5 Å². The van der Waals surface area contributed by atoms with E-state index >= 15 is 0 Å². The van der Waals surface area contributed by atoms with Crippen LogP contribution in [0.1, 0.15) is 47.2 Å². The predicted octanol–water partition coefficient (Wildman–Crippen LogP) is 2.76. The van der Waals surface area contributed by atoms with E-state index in [0.717, 1.165) is 11.3 Å². The van der Waals surface area contributed by atoms with Gasteiger partial charge in [0.15, 0.2) is 0 Å². The van der Waals surface area contributed by atoms with E-state index in [0.29, 0.717) is 11.5 Å². The number of para-hydroxylation sites is 1. The Kier molecular flexibility index (Phi) is 4.21. The molecule has 0 aliphatic carbocycles. The van der Waals surface area contributed by atoms with Gasteiger partial charge in [-0.3, -0.25) is 9.59 Å². The van der Waals surface area contributed by atoms with E-state index in [1.54, 1.807) is 13.8 Å². The molecule has 0 aliphatic heterocycles. The van der Waals surface area contributed by atoms with Gasteiger partial charge in [0.1, 0.15) is 11.4 Å². The molecule has 5 heteroatoms. The van der Waals surface area contributed by atoms with Crippen LogP contribution in [-0.4, -0.2) is 15.9 Å². The van der Waals surface area contributed by atoms with Crippen LogP contribution in [0.4, 0.5) is 5.69 Å². The first-order valence-corrected chi connectivity index (χ1v) is 6.88. The molecule has 0 saturated carbocycles. The van der Waals surface area contributed by atoms with E-state index < -0.39 is 11.5 Å². The lowest BCUT2D eigenvalue weighted by atomic mass is 10.0. The number of carbonyl (C=O) groups is 1. The van der Waals surface area contributed by atoms with Crippen LogP contribution in [0.3, 0.4) is 0 Å². The van der Waals surface area contributed by atoms with Crippen LogP contribution in [0.15, 0.2) is 29.1 Å². The number of nitrogens with one attached hydrogen (secondary N) is 2. The van der Waals surface area contributed by atoms with Gasteiger partial charge in [-0.15, -0.1) is 0 Å². The molecule has 1 amide bonds. The molecule has 0 aliphatic rings. The van der Waals surface area contributed by atoms with E-state index in [1.165, 1.54) is 0 Å². The maximum atomic E-state index is 12.4. The highest BCUT2D eigenvalue weighted by molar-refractivity contribution is 6.05. The van der Waals surface area contributed by atoms with Gasteiger partial charge in [0, 0.05) is 5.69 Å². The summed E-state index contributed by atoms with van der Waals surface area (Å²) in [6.07, 6.45) is 0. The Morgan fingerprint density at radius 3 is 2.52 bits per heavy atom. The molecule has 2 rings (SSSR count). The standard InChI is InChI=1S/C16H19N3O2/c1-9(2)12-7-5-6-8-13(12)19-16(21)14-10(3)17-11(4)18-15(14)20/h5-9H,1-4H3,(H,19,21)(H,17,18,20). The lowest BCUT2D eigenvalue weighted by molar-refractivity contribution is 0.102. The van der Waals surface area contributed by atoms with Crippen molar-refractivity contribution in [2.45, 2.75) is 33.6 Å². The number of anilines is 1. The third-order valence-electron chi connectivity index (χ3n) is 3.28. The van der Waals surface area contributed by atoms with Crippen molar-refractivity contribution < 1.29 is 4.79 Å².